The largest absolute Gasteiger partial charge is 0.481 e. The van der Waals surface area contributed by atoms with Crippen LogP contribution in [0.15, 0.2) is 24.3 Å². The van der Waals surface area contributed by atoms with E-state index in [9.17, 15) is 4.79 Å². The summed E-state index contributed by atoms with van der Waals surface area (Å²) in [6.07, 6.45) is 0.608. The fraction of sp³-hybridized carbons (Fsp3) is 0.286. The maximum absolute atomic E-state index is 10.6. The molecule has 4 nitrogen and oxygen atoms in total. The van der Waals surface area contributed by atoms with Gasteiger partial charge >= 0.3 is 5.97 Å². The first-order chi connectivity index (χ1) is 8.58. The summed E-state index contributed by atoms with van der Waals surface area (Å²) in [6, 6.07) is 8.14. The highest BCUT2D eigenvalue weighted by Crippen LogP contribution is 2.23. The molecule has 1 aromatic carbocycles. The zero-order valence-electron chi connectivity index (χ0n) is 10.5. The van der Waals surface area contributed by atoms with Gasteiger partial charge in [0.2, 0.25) is 0 Å². The van der Waals surface area contributed by atoms with Gasteiger partial charge in [-0.25, -0.2) is 0 Å². The Bertz CT molecular complexity index is 556. The maximum atomic E-state index is 10.6. The molecule has 0 saturated carbocycles. The monoisotopic (exact) mass is 244 g/mol. The van der Waals surface area contributed by atoms with Crippen molar-refractivity contribution in [1.29, 1.82) is 0 Å². The van der Waals surface area contributed by atoms with Gasteiger partial charge in [-0.3, -0.25) is 9.89 Å². The minimum absolute atomic E-state index is 0.121. The van der Waals surface area contributed by atoms with Crippen molar-refractivity contribution in [2.45, 2.75) is 26.7 Å². The summed E-state index contributed by atoms with van der Waals surface area (Å²) in [6.45, 7) is 4.01. The number of aryl methyl sites for hydroxylation is 2. The number of benzene rings is 1. The molecule has 0 amide bonds. The maximum Gasteiger partial charge on any atom is 0.303 e. The number of H-pyrrole nitrogens is 1. The first-order valence-electron chi connectivity index (χ1n) is 5.90. The minimum Gasteiger partial charge on any atom is -0.481 e. The van der Waals surface area contributed by atoms with E-state index in [1.54, 1.807) is 0 Å². The molecule has 1 heterocycles. The van der Waals surface area contributed by atoms with E-state index in [0.717, 1.165) is 22.5 Å². The number of carboxylic acids is 1. The quantitative estimate of drug-likeness (QED) is 0.869. The predicted octanol–water partition coefficient (Wildman–Crippen LogP) is 2.71. The lowest BCUT2D eigenvalue weighted by atomic mass is 10.0. The molecule has 2 aromatic rings. The number of rotatable bonds is 4. The van der Waals surface area contributed by atoms with Crippen molar-refractivity contribution in [3.8, 4) is 11.3 Å². The third-order valence-electron chi connectivity index (χ3n) is 3.02. The zero-order chi connectivity index (χ0) is 13.1. The van der Waals surface area contributed by atoms with Crippen LogP contribution in [0.3, 0.4) is 0 Å². The topological polar surface area (TPSA) is 66.0 Å². The summed E-state index contributed by atoms with van der Waals surface area (Å²) in [7, 11) is 0. The molecule has 0 spiro atoms. The molecule has 0 aliphatic carbocycles. The average molecular weight is 244 g/mol. The van der Waals surface area contributed by atoms with Crippen LogP contribution in [-0.2, 0) is 11.2 Å². The van der Waals surface area contributed by atoms with E-state index < -0.39 is 5.97 Å². The van der Waals surface area contributed by atoms with Crippen molar-refractivity contribution in [2.24, 2.45) is 0 Å². The summed E-state index contributed by atoms with van der Waals surface area (Å²) >= 11 is 0. The van der Waals surface area contributed by atoms with Gasteiger partial charge in [0.15, 0.2) is 0 Å². The Morgan fingerprint density at radius 1 is 1.28 bits per heavy atom. The summed E-state index contributed by atoms with van der Waals surface area (Å²) in [5.41, 5.74) is 5.08. The van der Waals surface area contributed by atoms with E-state index in [2.05, 4.69) is 10.2 Å². The Balaban J connectivity index is 2.25. The number of hydrogen-bond acceptors (Lipinski definition) is 2. The van der Waals surface area contributed by atoms with Gasteiger partial charge in [0.05, 0.1) is 12.1 Å². The number of aliphatic carboxylic acids is 1. The number of nitrogens with one attached hydrogen (secondary N) is 1. The lowest BCUT2D eigenvalue weighted by Crippen LogP contribution is -1.98. The molecule has 4 heteroatoms. The molecule has 2 N–H and O–H groups in total. The normalized spacial score (nSPS) is 10.6. The highest BCUT2D eigenvalue weighted by Gasteiger charge is 2.11. The Morgan fingerprint density at radius 2 is 1.94 bits per heavy atom. The third kappa shape index (κ3) is 2.59. The standard InChI is InChI=1S/C14H16N2O2/c1-9-3-5-11(6-4-9)14-10(2)12(15-16-14)7-8-13(17)18/h3-6H,7-8H2,1-2H3,(H,15,16)(H,17,18). The van der Waals surface area contributed by atoms with Crippen LogP contribution < -0.4 is 0 Å². The van der Waals surface area contributed by atoms with Crippen LogP contribution in [0.1, 0.15) is 23.2 Å². The first-order valence-corrected chi connectivity index (χ1v) is 5.90. The Kier molecular flexibility index (Phi) is 3.46. The first kappa shape index (κ1) is 12.4. The lowest BCUT2D eigenvalue weighted by Gasteiger charge is -2.00. The molecule has 0 aliphatic rings. The highest BCUT2D eigenvalue weighted by molar-refractivity contribution is 5.68. The highest BCUT2D eigenvalue weighted by atomic mass is 16.4. The van der Waals surface area contributed by atoms with E-state index in [0.29, 0.717) is 6.42 Å². The SMILES string of the molecule is Cc1ccc(-c2n[nH]c(CCC(=O)O)c2C)cc1. The van der Waals surface area contributed by atoms with Gasteiger partial charge in [-0.1, -0.05) is 29.8 Å². The second-order valence-electron chi connectivity index (χ2n) is 4.44. The third-order valence-corrected chi connectivity index (χ3v) is 3.02. The van der Waals surface area contributed by atoms with Crippen molar-refractivity contribution in [3.63, 3.8) is 0 Å². The number of aromatic nitrogens is 2. The van der Waals surface area contributed by atoms with Crippen molar-refractivity contribution in [3.05, 3.63) is 41.1 Å². The molecule has 1 aromatic heterocycles. The Labute approximate surface area is 106 Å². The van der Waals surface area contributed by atoms with Crippen LogP contribution in [0.2, 0.25) is 0 Å². The zero-order valence-corrected chi connectivity index (χ0v) is 10.5. The van der Waals surface area contributed by atoms with Crippen molar-refractivity contribution >= 4 is 5.97 Å². The van der Waals surface area contributed by atoms with Gasteiger partial charge in [-0.05, 0) is 25.8 Å². The number of carbonyl (C=O) groups is 1. The number of nitrogens with zero attached hydrogens (tertiary/aromatic N) is 1. The smallest absolute Gasteiger partial charge is 0.303 e. The van der Waals surface area contributed by atoms with Gasteiger partial charge in [-0.2, -0.15) is 5.10 Å². The number of hydrogen-bond donors (Lipinski definition) is 2. The molecule has 2 rings (SSSR count). The van der Waals surface area contributed by atoms with Gasteiger partial charge < -0.3 is 5.11 Å². The van der Waals surface area contributed by atoms with Crippen LogP contribution >= 0.6 is 0 Å². The van der Waals surface area contributed by atoms with E-state index in [-0.39, 0.29) is 6.42 Å². The van der Waals surface area contributed by atoms with E-state index in [4.69, 9.17) is 5.11 Å². The lowest BCUT2D eigenvalue weighted by molar-refractivity contribution is -0.136. The molecule has 0 saturated heterocycles. The van der Waals surface area contributed by atoms with E-state index in [1.165, 1.54) is 5.56 Å². The number of carboxylic acid groups (broad SMARTS) is 1. The molecular weight excluding hydrogens is 228 g/mol. The second-order valence-corrected chi connectivity index (χ2v) is 4.44. The van der Waals surface area contributed by atoms with Gasteiger partial charge in [0.25, 0.3) is 0 Å². The predicted molar refractivity (Wildman–Crippen MR) is 69.5 cm³/mol. The van der Waals surface area contributed by atoms with Crippen molar-refractivity contribution in [1.82, 2.24) is 10.2 Å². The fourth-order valence-corrected chi connectivity index (χ4v) is 1.90. The second kappa shape index (κ2) is 5.04. The van der Waals surface area contributed by atoms with Crippen LogP contribution in [-0.4, -0.2) is 21.3 Å². The van der Waals surface area contributed by atoms with Gasteiger partial charge in [0.1, 0.15) is 0 Å². The fourth-order valence-electron chi connectivity index (χ4n) is 1.90. The molecule has 0 atom stereocenters. The minimum atomic E-state index is -0.791. The summed E-state index contributed by atoms with van der Waals surface area (Å²) in [5.74, 6) is -0.791. The summed E-state index contributed by atoms with van der Waals surface area (Å²) in [5, 5.41) is 15.9. The van der Waals surface area contributed by atoms with E-state index >= 15 is 0 Å². The van der Waals surface area contributed by atoms with Crippen LogP contribution in [0.4, 0.5) is 0 Å². The molecule has 94 valence electrons. The molecule has 0 aliphatic heterocycles. The summed E-state index contributed by atoms with van der Waals surface area (Å²) < 4.78 is 0. The molecule has 0 fully saturated rings. The Morgan fingerprint density at radius 3 is 2.56 bits per heavy atom. The van der Waals surface area contributed by atoms with Crippen molar-refractivity contribution in [2.75, 3.05) is 0 Å². The molecule has 0 unspecified atom stereocenters. The van der Waals surface area contributed by atoms with Crippen LogP contribution in [0.5, 0.6) is 0 Å². The molecule has 0 radical (unpaired) electrons. The van der Waals surface area contributed by atoms with Gasteiger partial charge in [-0.15, -0.1) is 0 Å². The Hall–Kier alpha value is -2.10. The molecular formula is C14H16N2O2. The van der Waals surface area contributed by atoms with Crippen LogP contribution in [0.25, 0.3) is 11.3 Å². The number of aromatic amines is 1. The summed E-state index contributed by atoms with van der Waals surface area (Å²) in [4.78, 5) is 10.6. The average Bonchev–Trinajstić information content (AvgIpc) is 2.69. The van der Waals surface area contributed by atoms with E-state index in [1.807, 2.05) is 38.1 Å². The molecule has 18 heavy (non-hydrogen) atoms. The molecule has 0 bridgehead atoms. The van der Waals surface area contributed by atoms with Gasteiger partial charge in [0, 0.05) is 11.3 Å². The van der Waals surface area contributed by atoms with Crippen LogP contribution in [0, 0.1) is 13.8 Å². The van der Waals surface area contributed by atoms with Crippen molar-refractivity contribution < 1.29 is 9.90 Å².